The molecule has 18 heavy (non-hydrogen) atoms. The molecule has 3 nitrogen and oxygen atoms in total. The minimum Gasteiger partial charge on any atom is -0.493 e. The summed E-state index contributed by atoms with van der Waals surface area (Å²) in [6.45, 7) is 0. The molecule has 1 saturated heterocycles. The van der Waals surface area contributed by atoms with Gasteiger partial charge in [-0.2, -0.15) is 11.8 Å². The third kappa shape index (κ3) is 2.19. The van der Waals surface area contributed by atoms with Crippen LogP contribution in [0.25, 0.3) is 0 Å². The van der Waals surface area contributed by atoms with Crippen LogP contribution in [0.1, 0.15) is 24.8 Å². The van der Waals surface area contributed by atoms with Crippen LogP contribution in [0, 0.1) is 0 Å². The molecule has 4 heteroatoms. The summed E-state index contributed by atoms with van der Waals surface area (Å²) < 4.78 is 11.6. The number of hydrogen-bond donors (Lipinski definition) is 1. The molecule has 1 aliphatic carbocycles. The van der Waals surface area contributed by atoms with Gasteiger partial charge in [-0.3, -0.25) is 0 Å². The van der Waals surface area contributed by atoms with Crippen molar-refractivity contribution in [3.8, 4) is 11.5 Å². The van der Waals surface area contributed by atoms with Crippen LogP contribution in [0.3, 0.4) is 0 Å². The summed E-state index contributed by atoms with van der Waals surface area (Å²) in [5, 5.41) is 0. The molecule has 0 radical (unpaired) electrons. The fraction of sp³-hybridized carbons (Fsp3) is 0.571. The highest BCUT2D eigenvalue weighted by atomic mass is 32.2. The Bertz CT molecular complexity index is 439. The van der Waals surface area contributed by atoms with E-state index in [1.54, 1.807) is 7.11 Å². The Kier molecular flexibility index (Phi) is 3.16. The summed E-state index contributed by atoms with van der Waals surface area (Å²) in [7, 11) is 1.69. The van der Waals surface area contributed by atoms with Crippen molar-refractivity contribution in [2.45, 2.75) is 30.9 Å². The predicted molar refractivity (Wildman–Crippen MR) is 74.5 cm³/mol. The van der Waals surface area contributed by atoms with Crippen molar-refractivity contribution in [1.82, 2.24) is 0 Å². The Morgan fingerprint density at radius 2 is 2.22 bits per heavy atom. The summed E-state index contributed by atoms with van der Waals surface area (Å²) >= 11 is 1.95. The van der Waals surface area contributed by atoms with Crippen molar-refractivity contribution in [1.29, 1.82) is 0 Å². The van der Waals surface area contributed by atoms with Crippen molar-refractivity contribution in [3.63, 3.8) is 0 Å². The molecule has 2 N–H and O–H groups in total. The smallest absolute Gasteiger partial charge is 0.166 e. The maximum Gasteiger partial charge on any atom is 0.166 e. The van der Waals surface area contributed by atoms with Gasteiger partial charge in [-0.25, -0.2) is 0 Å². The summed E-state index contributed by atoms with van der Waals surface area (Å²) in [6, 6.07) is 6.02. The van der Waals surface area contributed by atoms with Crippen LogP contribution in [0.5, 0.6) is 11.5 Å². The summed E-state index contributed by atoms with van der Waals surface area (Å²) in [5.41, 5.74) is 7.25. The molecule has 1 unspecified atom stereocenters. The Morgan fingerprint density at radius 1 is 1.39 bits per heavy atom. The quantitative estimate of drug-likeness (QED) is 0.908. The average Bonchev–Trinajstić information content (AvgIpc) is 2.92. The second-order valence-electron chi connectivity index (χ2n) is 5.10. The molecule has 1 aliphatic heterocycles. The number of nitrogens with two attached hydrogens (primary N) is 1. The minimum atomic E-state index is -0.185. The largest absolute Gasteiger partial charge is 0.493 e. The Balaban J connectivity index is 1.93. The van der Waals surface area contributed by atoms with E-state index in [4.69, 9.17) is 15.2 Å². The maximum absolute atomic E-state index is 6.33. The van der Waals surface area contributed by atoms with Crippen molar-refractivity contribution in [3.05, 3.63) is 23.8 Å². The minimum absolute atomic E-state index is 0.185. The van der Waals surface area contributed by atoms with Gasteiger partial charge in [-0.1, -0.05) is 12.1 Å². The number of rotatable bonds is 4. The average molecular weight is 265 g/mol. The lowest BCUT2D eigenvalue weighted by molar-refractivity contribution is 0.214. The highest BCUT2D eigenvalue weighted by molar-refractivity contribution is 7.99. The molecule has 0 aromatic heterocycles. The number of para-hydroxylation sites is 1. The Hall–Kier alpha value is -0.870. The first kappa shape index (κ1) is 12.2. The maximum atomic E-state index is 6.33. The Labute approximate surface area is 112 Å². The van der Waals surface area contributed by atoms with Gasteiger partial charge >= 0.3 is 0 Å². The highest BCUT2D eigenvalue weighted by Crippen LogP contribution is 2.49. The number of methoxy groups -OCH3 is 1. The number of thioether (sulfide) groups is 1. The van der Waals surface area contributed by atoms with Crippen molar-refractivity contribution in [2.75, 3.05) is 18.6 Å². The third-order valence-electron chi connectivity index (χ3n) is 3.70. The van der Waals surface area contributed by atoms with Crippen molar-refractivity contribution >= 4 is 11.8 Å². The zero-order valence-corrected chi connectivity index (χ0v) is 11.5. The molecule has 0 amide bonds. The molecule has 98 valence electrons. The first-order valence-corrected chi connectivity index (χ1v) is 7.59. The van der Waals surface area contributed by atoms with Gasteiger partial charge in [0.05, 0.1) is 7.11 Å². The molecular formula is C14H19NO2S. The van der Waals surface area contributed by atoms with Crippen LogP contribution in [-0.4, -0.2) is 24.7 Å². The summed E-state index contributed by atoms with van der Waals surface area (Å²) in [5.74, 6) is 3.92. The molecule has 1 saturated carbocycles. The van der Waals surface area contributed by atoms with Crippen LogP contribution < -0.4 is 15.2 Å². The lowest BCUT2D eigenvalue weighted by atomic mass is 10.0. The topological polar surface area (TPSA) is 44.5 Å². The fourth-order valence-electron chi connectivity index (χ4n) is 2.37. The van der Waals surface area contributed by atoms with Gasteiger partial charge in [0.1, 0.15) is 6.10 Å². The molecule has 2 fully saturated rings. The van der Waals surface area contributed by atoms with E-state index in [0.717, 1.165) is 42.1 Å². The summed E-state index contributed by atoms with van der Waals surface area (Å²) in [4.78, 5) is 0. The zero-order chi connectivity index (χ0) is 12.6. The van der Waals surface area contributed by atoms with Crippen LogP contribution in [0.4, 0.5) is 0 Å². The summed E-state index contributed by atoms with van der Waals surface area (Å²) in [6.07, 6.45) is 3.48. The van der Waals surface area contributed by atoms with E-state index in [-0.39, 0.29) is 5.54 Å². The first-order valence-electron chi connectivity index (χ1n) is 6.44. The van der Waals surface area contributed by atoms with Crippen LogP contribution in [0.2, 0.25) is 0 Å². The van der Waals surface area contributed by atoms with E-state index < -0.39 is 0 Å². The lowest BCUT2D eigenvalue weighted by Crippen LogP contribution is -2.23. The molecule has 0 spiro atoms. The van der Waals surface area contributed by atoms with Gasteiger partial charge in [0.2, 0.25) is 0 Å². The third-order valence-corrected chi connectivity index (χ3v) is 4.83. The SMILES string of the molecule is COc1cccc(C2(N)CC2)c1OC1CCSC1. The van der Waals surface area contributed by atoms with Gasteiger partial charge in [-0.15, -0.1) is 0 Å². The fourth-order valence-corrected chi connectivity index (χ4v) is 3.46. The number of hydrogen-bond acceptors (Lipinski definition) is 4. The van der Waals surface area contributed by atoms with Crippen molar-refractivity contribution < 1.29 is 9.47 Å². The van der Waals surface area contributed by atoms with E-state index in [9.17, 15) is 0 Å². The molecule has 1 aromatic rings. The Morgan fingerprint density at radius 3 is 2.83 bits per heavy atom. The second-order valence-corrected chi connectivity index (χ2v) is 6.25. The molecule has 1 aromatic carbocycles. The highest BCUT2D eigenvalue weighted by Gasteiger charge is 2.43. The van der Waals surface area contributed by atoms with E-state index in [0.29, 0.717) is 6.10 Å². The van der Waals surface area contributed by atoms with E-state index >= 15 is 0 Å². The standard InChI is InChI=1S/C14H19NO2S/c1-16-12-4-2-3-11(14(15)6-7-14)13(12)17-10-5-8-18-9-10/h2-4,10H,5-9,15H2,1H3. The molecule has 1 heterocycles. The first-order chi connectivity index (χ1) is 8.73. The van der Waals surface area contributed by atoms with Gasteiger partial charge in [0.15, 0.2) is 11.5 Å². The van der Waals surface area contributed by atoms with E-state index in [1.807, 2.05) is 23.9 Å². The monoisotopic (exact) mass is 265 g/mol. The lowest BCUT2D eigenvalue weighted by Gasteiger charge is -2.21. The van der Waals surface area contributed by atoms with Gasteiger partial charge in [-0.05, 0) is 31.1 Å². The normalized spacial score (nSPS) is 24.9. The molecule has 1 atom stereocenters. The van der Waals surface area contributed by atoms with Crippen molar-refractivity contribution in [2.24, 2.45) is 5.73 Å². The zero-order valence-electron chi connectivity index (χ0n) is 10.6. The second kappa shape index (κ2) is 4.67. The predicted octanol–water partition coefficient (Wildman–Crippen LogP) is 2.53. The number of ether oxygens (including phenoxy) is 2. The van der Waals surface area contributed by atoms with E-state index in [2.05, 4.69) is 6.07 Å². The van der Waals surface area contributed by atoms with E-state index in [1.165, 1.54) is 5.75 Å². The van der Waals surface area contributed by atoms with Crippen LogP contribution in [0.15, 0.2) is 18.2 Å². The van der Waals surface area contributed by atoms with Gasteiger partial charge in [0.25, 0.3) is 0 Å². The molecule has 3 rings (SSSR count). The number of benzene rings is 1. The van der Waals surface area contributed by atoms with Crippen LogP contribution in [-0.2, 0) is 5.54 Å². The molecular weight excluding hydrogens is 246 g/mol. The van der Waals surface area contributed by atoms with Gasteiger partial charge < -0.3 is 15.2 Å². The van der Waals surface area contributed by atoms with Gasteiger partial charge in [0, 0.05) is 16.9 Å². The molecule has 2 aliphatic rings. The van der Waals surface area contributed by atoms with Crippen LogP contribution >= 0.6 is 11.8 Å². The molecule has 0 bridgehead atoms.